The van der Waals surface area contributed by atoms with Crippen molar-refractivity contribution in [2.45, 2.75) is 32.3 Å². The summed E-state index contributed by atoms with van der Waals surface area (Å²) in [4.78, 5) is 18.0. The van der Waals surface area contributed by atoms with Crippen molar-refractivity contribution < 1.29 is 19.5 Å². The lowest BCUT2D eigenvalue weighted by Crippen LogP contribution is -2.14. The van der Waals surface area contributed by atoms with E-state index in [9.17, 15) is 9.67 Å². The van der Waals surface area contributed by atoms with Crippen molar-refractivity contribution >= 4 is 7.60 Å². The first-order chi connectivity index (χ1) is 7.09. The van der Waals surface area contributed by atoms with Crippen molar-refractivity contribution in [1.29, 1.82) is 0 Å². The molecule has 1 rings (SSSR count). The zero-order valence-electron chi connectivity index (χ0n) is 9.64. The van der Waals surface area contributed by atoms with E-state index in [1.807, 2.05) is 20.8 Å². The minimum absolute atomic E-state index is 0.111. The van der Waals surface area contributed by atoms with Crippen LogP contribution in [0.2, 0.25) is 0 Å². The zero-order valence-corrected chi connectivity index (χ0v) is 10.5. The predicted octanol–water partition coefficient (Wildman–Crippen LogP) is 2.37. The molecule has 0 amide bonds. The Bertz CT molecular complexity index is 428. The smallest absolute Gasteiger partial charge is 0.329 e. The van der Waals surface area contributed by atoms with Crippen molar-refractivity contribution in [2.24, 2.45) is 0 Å². The standard InChI is InChI=1S/C11H17O4P/c1-11(2,3)10-6-9(12)5-4-8(10)7-16(13,14)15/h4-6,12H,7H2,1-3H3,(H2,13,14,15). The average Bonchev–Trinajstić information content (AvgIpc) is 2.04. The number of phenolic OH excluding ortho intramolecular Hbond substituents is 1. The van der Waals surface area contributed by atoms with E-state index in [0.29, 0.717) is 5.56 Å². The molecular formula is C11H17O4P. The summed E-state index contributed by atoms with van der Waals surface area (Å²) in [6.07, 6.45) is -0.292. The number of aromatic hydroxyl groups is 1. The largest absolute Gasteiger partial charge is 0.508 e. The van der Waals surface area contributed by atoms with Crippen LogP contribution in [-0.2, 0) is 16.1 Å². The lowest BCUT2D eigenvalue weighted by molar-refractivity contribution is 0.371. The Morgan fingerprint density at radius 2 is 1.81 bits per heavy atom. The van der Waals surface area contributed by atoms with Crippen LogP contribution in [0.1, 0.15) is 31.9 Å². The number of benzene rings is 1. The lowest BCUT2D eigenvalue weighted by atomic mass is 9.84. The summed E-state index contributed by atoms with van der Waals surface area (Å²) in [5, 5.41) is 9.41. The molecule has 0 spiro atoms. The van der Waals surface area contributed by atoms with Crippen molar-refractivity contribution in [3.05, 3.63) is 29.3 Å². The number of phenols is 1. The molecule has 1 aromatic rings. The Morgan fingerprint density at radius 1 is 1.25 bits per heavy atom. The fraction of sp³-hybridized carbons (Fsp3) is 0.455. The van der Waals surface area contributed by atoms with E-state index in [1.54, 1.807) is 12.1 Å². The van der Waals surface area contributed by atoms with Gasteiger partial charge in [-0.2, -0.15) is 0 Å². The number of hydrogen-bond donors (Lipinski definition) is 3. The fourth-order valence-electron chi connectivity index (χ4n) is 1.62. The van der Waals surface area contributed by atoms with E-state index < -0.39 is 7.60 Å². The van der Waals surface area contributed by atoms with Gasteiger partial charge in [-0.3, -0.25) is 4.57 Å². The molecule has 0 radical (unpaired) electrons. The topological polar surface area (TPSA) is 77.8 Å². The first-order valence-electron chi connectivity index (χ1n) is 4.96. The molecule has 4 nitrogen and oxygen atoms in total. The summed E-state index contributed by atoms with van der Waals surface area (Å²) in [6, 6.07) is 4.57. The van der Waals surface area contributed by atoms with Gasteiger partial charge in [-0.1, -0.05) is 26.8 Å². The van der Waals surface area contributed by atoms with Crippen LogP contribution >= 0.6 is 7.60 Å². The van der Waals surface area contributed by atoms with Gasteiger partial charge in [0, 0.05) is 0 Å². The molecule has 16 heavy (non-hydrogen) atoms. The van der Waals surface area contributed by atoms with Gasteiger partial charge in [0.15, 0.2) is 0 Å². The van der Waals surface area contributed by atoms with Crippen LogP contribution in [0.4, 0.5) is 0 Å². The minimum atomic E-state index is -4.08. The van der Waals surface area contributed by atoms with Crippen molar-refractivity contribution in [1.82, 2.24) is 0 Å². The summed E-state index contributed by atoms with van der Waals surface area (Å²) >= 11 is 0. The van der Waals surface area contributed by atoms with Crippen molar-refractivity contribution in [2.75, 3.05) is 0 Å². The lowest BCUT2D eigenvalue weighted by Gasteiger charge is -2.23. The highest BCUT2D eigenvalue weighted by Crippen LogP contribution is 2.42. The molecule has 0 heterocycles. The second kappa shape index (κ2) is 4.21. The molecule has 0 bridgehead atoms. The van der Waals surface area contributed by atoms with Crippen LogP contribution in [0.15, 0.2) is 18.2 Å². The Kier molecular flexibility index (Phi) is 3.48. The predicted molar refractivity (Wildman–Crippen MR) is 62.6 cm³/mol. The van der Waals surface area contributed by atoms with Gasteiger partial charge >= 0.3 is 7.60 Å². The molecule has 0 aliphatic heterocycles. The Labute approximate surface area is 95.1 Å². The van der Waals surface area contributed by atoms with Gasteiger partial charge in [0.2, 0.25) is 0 Å². The van der Waals surface area contributed by atoms with Crippen LogP contribution < -0.4 is 0 Å². The number of hydrogen-bond acceptors (Lipinski definition) is 2. The molecule has 0 saturated heterocycles. The maximum absolute atomic E-state index is 11.0. The molecule has 0 aliphatic rings. The van der Waals surface area contributed by atoms with E-state index in [4.69, 9.17) is 9.79 Å². The third kappa shape index (κ3) is 3.63. The summed E-state index contributed by atoms with van der Waals surface area (Å²) in [5.41, 5.74) is 1.08. The van der Waals surface area contributed by atoms with Crippen LogP contribution in [0.3, 0.4) is 0 Å². The molecule has 90 valence electrons. The molecule has 5 heteroatoms. The van der Waals surface area contributed by atoms with Crippen LogP contribution in [0.25, 0.3) is 0 Å². The average molecular weight is 244 g/mol. The molecule has 3 N–H and O–H groups in total. The quantitative estimate of drug-likeness (QED) is 0.698. The van der Waals surface area contributed by atoms with Gasteiger partial charge in [-0.15, -0.1) is 0 Å². The maximum atomic E-state index is 11.0. The van der Waals surface area contributed by atoms with E-state index >= 15 is 0 Å². The van der Waals surface area contributed by atoms with E-state index in [1.165, 1.54) is 6.07 Å². The van der Waals surface area contributed by atoms with Crippen LogP contribution in [-0.4, -0.2) is 14.9 Å². The van der Waals surface area contributed by atoms with Crippen molar-refractivity contribution in [3.63, 3.8) is 0 Å². The second-order valence-corrected chi connectivity index (χ2v) is 6.56. The Balaban J connectivity index is 3.24. The zero-order chi connectivity index (χ0) is 12.6. The van der Waals surface area contributed by atoms with Gasteiger partial charge in [0.25, 0.3) is 0 Å². The summed E-state index contributed by atoms with van der Waals surface area (Å²) in [5.74, 6) is 0.111. The Hall–Kier alpha value is -0.830. The molecule has 1 aromatic carbocycles. The van der Waals surface area contributed by atoms with Crippen LogP contribution in [0, 0.1) is 0 Å². The molecule has 0 saturated carbocycles. The van der Waals surface area contributed by atoms with Gasteiger partial charge < -0.3 is 14.9 Å². The normalized spacial score (nSPS) is 12.8. The molecule has 0 fully saturated rings. The van der Waals surface area contributed by atoms with Crippen LogP contribution in [0.5, 0.6) is 5.75 Å². The fourth-order valence-corrected chi connectivity index (χ4v) is 2.34. The third-order valence-electron chi connectivity index (χ3n) is 2.28. The molecule has 0 unspecified atom stereocenters. The number of rotatable bonds is 2. The highest BCUT2D eigenvalue weighted by Gasteiger charge is 2.23. The first-order valence-corrected chi connectivity index (χ1v) is 6.76. The molecular weight excluding hydrogens is 227 g/mol. The SMILES string of the molecule is CC(C)(C)c1cc(O)ccc1CP(=O)(O)O. The minimum Gasteiger partial charge on any atom is -0.508 e. The third-order valence-corrected chi connectivity index (χ3v) is 3.03. The van der Waals surface area contributed by atoms with Gasteiger partial charge in [0.1, 0.15) is 5.75 Å². The van der Waals surface area contributed by atoms with E-state index in [2.05, 4.69) is 0 Å². The summed E-state index contributed by atoms with van der Waals surface area (Å²) in [7, 11) is -4.08. The highest BCUT2D eigenvalue weighted by atomic mass is 31.2. The van der Waals surface area contributed by atoms with Gasteiger partial charge in [-0.25, -0.2) is 0 Å². The molecule has 0 atom stereocenters. The van der Waals surface area contributed by atoms with Gasteiger partial charge in [-0.05, 0) is 28.7 Å². The molecule has 0 aromatic heterocycles. The maximum Gasteiger partial charge on any atom is 0.329 e. The Morgan fingerprint density at radius 3 is 2.25 bits per heavy atom. The van der Waals surface area contributed by atoms with Crippen molar-refractivity contribution in [3.8, 4) is 5.75 Å². The second-order valence-electron chi connectivity index (χ2n) is 4.91. The monoisotopic (exact) mass is 244 g/mol. The van der Waals surface area contributed by atoms with E-state index in [-0.39, 0.29) is 17.3 Å². The summed E-state index contributed by atoms with van der Waals surface area (Å²) in [6.45, 7) is 5.81. The molecule has 0 aliphatic carbocycles. The highest BCUT2D eigenvalue weighted by molar-refractivity contribution is 7.50. The van der Waals surface area contributed by atoms with E-state index in [0.717, 1.165) is 5.56 Å². The first kappa shape index (κ1) is 13.2. The summed E-state index contributed by atoms with van der Waals surface area (Å²) < 4.78 is 11.0. The van der Waals surface area contributed by atoms with Gasteiger partial charge in [0.05, 0.1) is 6.16 Å².